The molecule has 1 aromatic carbocycles. The Morgan fingerprint density at radius 1 is 1.22 bits per heavy atom. The van der Waals surface area contributed by atoms with Gasteiger partial charge in [0.1, 0.15) is 5.75 Å². The Bertz CT molecular complexity index is 517. The van der Waals surface area contributed by atoms with Gasteiger partial charge in [-0.05, 0) is 42.9 Å². The van der Waals surface area contributed by atoms with E-state index in [4.69, 9.17) is 9.84 Å². The number of rotatable bonds is 8. The van der Waals surface area contributed by atoms with Crippen LogP contribution in [0.15, 0.2) is 24.3 Å². The van der Waals surface area contributed by atoms with Crippen LogP contribution in [0, 0.1) is 5.41 Å². The van der Waals surface area contributed by atoms with Gasteiger partial charge in [-0.25, -0.2) is 4.79 Å². The summed E-state index contributed by atoms with van der Waals surface area (Å²) in [5.41, 5.74) is 1.20. The third-order valence-electron chi connectivity index (χ3n) is 3.45. The molecule has 5 nitrogen and oxygen atoms in total. The lowest BCUT2D eigenvalue weighted by Gasteiger charge is -2.18. The van der Waals surface area contributed by atoms with Crippen molar-refractivity contribution in [3.63, 3.8) is 0 Å². The molecule has 128 valence electrons. The van der Waals surface area contributed by atoms with Crippen LogP contribution in [-0.4, -0.2) is 23.6 Å². The van der Waals surface area contributed by atoms with E-state index in [0.717, 1.165) is 18.4 Å². The number of aliphatic carboxylic acids is 1. The van der Waals surface area contributed by atoms with Gasteiger partial charge < -0.3 is 15.2 Å². The highest BCUT2D eigenvalue weighted by molar-refractivity contribution is 5.76. The lowest BCUT2D eigenvalue weighted by Crippen LogP contribution is -2.26. The van der Waals surface area contributed by atoms with Gasteiger partial charge in [-0.3, -0.25) is 4.79 Å². The zero-order valence-corrected chi connectivity index (χ0v) is 14.4. The molecule has 0 aromatic heterocycles. The molecule has 0 fully saturated rings. The maximum atomic E-state index is 12.0. The predicted octanol–water partition coefficient (Wildman–Crippen LogP) is 3.54. The molecule has 1 aromatic rings. The minimum absolute atomic E-state index is 0.0490. The van der Waals surface area contributed by atoms with Crippen molar-refractivity contribution in [1.29, 1.82) is 0 Å². The average molecular weight is 321 g/mol. The van der Waals surface area contributed by atoms with Crippen LogP contribution in [-0.2, 0) is 9.59 Å². The standard InChI is InChI=1S/C18H27NO4/c1-13(19-16(20)6-5-11-18(2,3)4)14-7-9-15(10-8-14)23-12-17(21)22/h7-10,13H,5-6,11-12H2,1-4H3,(H,19,20)(H,21,22). The molecule has 0 aliphatic carbocycles. The summed E-state index contributed by atoms with van der Waals surface area (Å²) in [4.78, 5) is 22.4. The fourth-order valence-corrected chi connectivity index (χ4v) is 2.17. The Hall–Kier alpha value is -2.04. The van der Waals surface area contributed by atoms with E-state index < -0.39 is 5.97 Å². The summed E-state index contributed by atoms with van der Waals surface area (Å²) < 4.78 is 5.08. The van der Waals surface area contributed by atoms with E-state index in [2.05, 4.69) is 26.1 Å². The number of carboxylic acid groups (broad SMARTS) is 1. The summed E-state index contributed by atoms with van der Waals surface area (Å²) in [6.07, 6.45) is 2.43. The van der Waals surface area contributed by atoms with Crippen molar-refractivity contribution in [2.75, 3.05) is 6.61 Å². The van der Waals surface area contributed by atoms with Gasteiger partial charge in [0.15, 0.2) is 6.61 Å². The zero-order chi connectivity index (χ0) is 17.5. The summed E-state index contributed by atoms with van der Waals surface area (Å²) in [6.45, 7) is 8.07. The first-order valence-corrected chi connectivity index (χ1v) is 7.91. The van der Waals surface area contributed by atoms with Crippen LogP contribution < -0.4 is 10.1 Å². The third kappa shape index (κ3) is 8.24. The summed E-state index contributed by atoms with van der Waals surface area (Å²) in [5.74, 6) is -0.460. The van der Waals surface area contributed by atoms with Crippen molar-refractivity contribution in [3.8, 4) is 5.75 Å². The van der Waals surface area contributed by atoms with E-state index in [0.29, 0.717) is 12.2 Å². The second-order valence-corrected chi connectivity index (χ2v) is 6.95. The third-order valence-corrected chi connectivity index (χ3v) is 3.45. The van der Waals surface area contributed by atoms with Crippen molar-refractivity contribution in [2.24, 2.45) is 5.41 Å². The molecular formula is C18H27NO4. The van der Waals surface area contributed by atoms with Crippen molar-refractivity contribution in [1.82, 2.24) is 5.32 Å². The van der Waals surface area contributed by atoms with Gasteiger partial charge in [0.25, 0.3) is 0 Å². The molecule has 0 radical (unpaired) electrons. The normalized spacial score (nSPS) is 12.5. The van der Waals surface area contributed by atoms with Crippen LogP contribution in [0.4, 0.5) is 0 Å². The summed E-state index contributed by atoms with van der Waals surface area (Å²) >= 11 is 0. The summed E-state index contributed by atoms with van der Waals surface area (Å²) in [6, 6.07) is 6.99. The van der Waals surface area contributed by atoms with Crippen molar-refractivity contribution < 1.29 is 19.4 Å². The average Bonchev–Trinajstić information content (AvgIpc) is 2.44. The Morgan fingerprint density at radius 3 is 2.35 bits per heavy atom. The number of carbonyl (C=O) groups excluding carboxylic acids is 1. The Labute approximate surface area is 138 Å². The second kappa shape index (κ2) is 8.56. The minimum Gasteiger partial charge on any atom is -0.482 e. The van der Waals surface area contributed by atoms with E-state index in [1.54, 1.807) is 12.1 Å². The SMILES string of the molecule is CC(NC(=O)CCCC(C)(C)C)c1ccc(OCC(=O)O)cc1. The van der Waals surface area contributed by atoms with Crippen LogP contribution in [0.2, 0.25) is 0 Å². The number of ether oxygens (including phenoxy) is 1. The molecule has 0 saturated heterocycles. The lowest BCUT2D eigenvalue weighted by atomic mass is 9.90. The van der Waals surface area contributed by atoms with Crippen molar-refractivity contribution >= 4 is 11.9 Å². The molecule has 1 unspecified atom stereocenters. The van der Waals surface area contributed by atoms with Gasteiger partial charge in [0.2, 0.25) is 5.91 Å². The quantitative estimate of drug-likeness (QED) is 0.768. The molecule has 23 heavy (non-hydrogen) atoms. The molecule has 0 heterocycles. The summed E-state index contributed by atoms with van der Waals surface area (Å²) in [7, 11) is 0. The highest BCUT2D eigenvalue weighted by atomic mass is 16.5. The Morgan fingerprint density at radius 2 is 1.83 bits per heavy atom. The van der Waals surface area contributed by atoms with E-state index in [1.165, 1.54) is 0 Å². The van der Waals surface area contributed by atoms with Crippen molar-refractivity contribution in [2.45, 2.75) is 53.0 Å². The molecule has 0 spiro atoms. The van der Waals surface area contributed by atoms with E-state index in [-0.39, 0.29) is 24.0 Å². The number of amides is 1. The molecule has 1 amide bonds. The first-order valence-electron chi connectivity index (χ1n) is 7.91. The Balaban J connectivity index is 2.43. The monoisotopic (exact) mass is 321 g/mol. The number of hydrogen-bond donors (Lipinski definition) is 2. The maximum Gasteiger partial charge on any atom is 0.341 e. The van der Waals surface area contributed by atoms with E-state index >= 15 is 0 Å². The van der Waals surface area contributed by atoms with Gasteiger partial charge in [-0.2, -0.15) is 0 Å². The molecule has 0 aliphatic heterocycles. The molecule has 1 rings (SSSR count). The fourth-order valence-electron chi connectivity index (χ4n) is 2.17. The van der Waals surface area contributed by atoms with Crippen LogP contribution in [0.5, 0.6) is 5.75 Å². The molecule has 0 aliphatic rings. The zero-order valence-electron chi connectivity index (χ0n) is 14.4. The predicted molar refractivity (Wildman–Crippen MR) is 89.4 cm³/mol. The summed E-state index contributed by atoms with van der Waals surface area (Å²) in [5, 5.41) is 11.5. The highest BCUT2D eigenvalue weighted by Crippen LogP contribution is 2.22. The smallest absolute Gasteiger partial charge is 0.341 e. The van der Waals surface area contributed by atoms with Gasteiger partial charge in [-0.1, -0.05) is 32.9 Å². The first-order chi connectivity index (χ1) is 10.7. The topological polar surface area (TPSA) is 75.6 Å². The Kier molecular flexibility index (Phi) is 7.07. The largest absolute Gasteiger partial charge is 0.482 e. The van der Waals surface area contributed by atoms with Crippen molar-refractivity contribution in [3.05, 3.63) is 29.8 Å². The molecule has 0 bridgehead atoms. The number of carbonyl (C=O) groups is 2. The lowest BCUT2D eigenvalue weighted by molar-refractivity contribution is -0.139. The fraction of sp³-hybridized carbons (Fsp3) is 0.556. The van der Waals surface area contributed by atoms with E-state index in [9.17, 15) is 9.59 Å². The molecule has 2 N–H and O–H groups in total. The molecule has 0 saturated carbocycles. The van der Waals surface area contributed by atoms with Crippen LogP contribution in [0.25, 0.3) is 0 Å². The first kappa shape index (κ1) is 19.0. The maximum absolute atomic E-state index is 12.0. The number of hydrogen-bond acceptors (Lipinski definition) is 3. The second-order valence-electron chi connectivity index (χ2n) is 6.95. The van der Waals surface area contributed by atoms with Gasteiger partial charge >= 0.3 is 5.97 Å². The number of benzene rings is 1. The van der Waals surface area contributed by atoms with Crippen LogP contribution in [0.3, 0.4) is 0 Å². The molecular weight excluding hydrogens is 294 g/mol. The van der Waals surface area contributed by atoms with Gasteiger partial charge in [-0.15, -0.1) is 0 Å². The highest BCUT2D eigenvalue weighted by Gasteiger charge is 2.13. The minimum atomic E-state index is -1.01. The van der Waals surface area contributed by atoms with Crippen LogP contribution >= 0.6 is 0 Å². The molecule has 1 atom stereocenters. The number of carboxylic acids is 1. The van der Waals surface area contributed by atoms with Gasteiger partial charge in [0, 0.05) is 6.42 Å². The molecule has 5 heteroatoms. The van der Waals surface area contributed by atoms with E-state index in [1.807, 2.05) is 19.1 Å². The van der Waals surface area contributed by atoms with Crippen LogP contribution in [0.1, 0.15) is 58.6 Å². The number of nitrogens with one attached hydrogen (secondary N) is 1. The van der Waals surface area contributed by atoms with Gasteiger partial charge in [0.05, 0.1) is 6.04 Å².